The lowest BCUT2D eigenvalue weighted by molar-refractivity contribution is 0.589. The highest BCUT2D eigenvalue weighted by Gasteiger charge is 2.14. The molecule has 0 aromatic heterocycles. The molecule has 0 aliphatic carbocycles. The fraction of sp³-hybridized carbons (Fsp3) is 0.364. The van der Waals surface area contributed by atoms with Crippen LogP contribution in [0.1, 0.15) is 5.56 Å². The lowest BCUT2D eigenvalue weighted by Crippen LogP contribution is -2.43. The van der Waals surface area contributed by atoms with Crippen LogP contribution in [0.3, 0.4) is 0 Å². The largest absolute Gasteiger partial charge is 0.368 e. The molecule has 0 atom stereocenters. The van der Waals surface area contributed by atoms with Gasteiger partial charge in [0.1, 0.15) is 6.07 Å². The monoisotopic (exact) mass is 301 g/mol. The Morgan fingerprint density at radius 3 is 2.62 bits per heavy atom. The first-order valence-corrected chi connectivity index (χ1v) is 5.76. The maximum Gasteiger partial charge on any atom is 0.101 e. The zero-order chi connectivity index (χ0) is 10.7. The maximum atomic E-state index is 9.03. The number of nitriles is 1. The lowest BCUT2D eigenvalue weighted by Gasteiger charge is -2.30. The third kappa shape index (κ3) is 2.88. The molecular weight excluding hydrogens is 289 g/mol. The molecule has 0 spiro atoms. The summed E-state index contributed by atoms with van der Waals surface area (Å²) in [5.74, 6) is 0. The second-order valence-corrected chi connectivity index (χ2v) is 4.43. The zero-order valence-electron chi connectivity index (χ0n) is 8.74. The Balaban J connectivity index is 0.00000128. The topological polar surface area (TPSA) is 39.1 Å². The average molecular weight is 303 g/mol. The summed E-state index contributed by atoms with van der Waals surface area (Å²) in [5, 5.41) is 12.3. The van der Waals surface area contributed by atoms with Gasteiger partial charge in [0.2, 0.25) is 0 Å². The van der Waals surface area contributed by atoms with Gasteiger partial charge in [-0.1, -0.05) is 15.9 Å². The number of benzene rings is 1. The summed E-state index contributed by atoms with van der Waals surface area (Å²) in [7, 11) is 0. The molecule has 3 nitrogen and oxygen atoms in total. The second kappa shape index (κ2) is 6.09. The Morgan fingerprint density at radius 1 is 1.31 bits per heavy atom. The van der Waals surface area contributed by atoms with Gasteiger partial charge in [-0.05, 0) is 18.2 Å². The fourth-order valence-corrected chi connectivity index (χ4v) is 2.12. The molecule has 1 heterocycles. The molecule has 2 rings (SSSR count). The molecule has 0 unspecified atom stereocenters. The van der Waals surface area contributed by atoms with E-state index in [1.54, 1.807) is 0 Å². The molecule has 0 saturated carbocycles. The first-order valence-electron chi connectivity index (χ1n) is 4.96. The van der Waals surface area contributed by atoms with Gasteiger partial charge >= 0.3 is 0 Å². The van der Waals surface area contributed by atoms with Crippen LogP contribution < -0.4 is 10.2 Å². The van der Waals surface area contributed by atoms with Crippen LogP contribution in [0, 0.1) is 11.3 Å². The fourth-order valence-electron chi connectivity index (χ4n) is 1.77. The van der Waals surface area contributed by atoms with Gasteiger partial charge in [-0.2, -0.15) is 5.26 Å². The van der Waals surface area contributed by atoms with E-state index in [2.05, 4.69) is 32.2 Å². The van der Waals surface area contributed by atoms with Gasteiger partial charge in [0.25, 0.3) is 0 Å². The van der Waals surface area contributed by atoms with Crippen molar-refractivity contribution in [2.45, 2.75) is 0 Å². The van der Waals surface area contributed by atoms with Crippen LogP contribution in [0.4, 0.5) is 5.69 Å². The van der Waals surface area contributed by atoms with Crippen LogP contribution in [-0.2, 0) is 0 Å². The predicted octanol–water partition coefficient (Wildman–Crippen LogP) is 2.15. The van der Waals surface area contributed by atoms with Gasteiger partial charge in [0.15, 0.2) is 0 Å². The summed E-state index contributed by atoms with van der Waals surface area (Å²) < 4.78 is 1.02. The zero-order valence-corrected chi connectivity index (χ0v) is 11.1. The van der Waals surface area contributed by atoms with E-state index >= 15 is 0 Å². The molecule has 0 amide bonds. The summed E-state index contributed by atoms with van der Waals surface area (Å²) >= 11 is 3.44. The number of rotatable bonds is 1. The molecule has 86 valence electrons. The van der Waals surface area contributed by atoms with Gasteiger partial charge in [-0.3, -0.25) is 0 Å². The van der Waals surface area contributed by atoms with Crippen LogP contribution in [0.5, 0.6) is 0 Å². The van der Waals surface area contributed by atoms with Crippen LogP contribution in [-0.4, -0.2) is 26.2 Å². The highest BCUT2D eigenvalue weighted by Crippen LogP contribution is 2.24. The number of piperazine rings is 1. The smallest absolute Gasteiger partial charge is 0.101 e. The summed E-state index contributed by atoms with van der Waals surface area (Å²) in [6.07, 6.45) is 0. The molecule has 1 fully saturated rings. The van der Waals surface area contributed by atoms with Crippen molar-refractivity contribution in [1.29, 1.82) is 5.26 Å². The lowest BCUT2D eigenvalue weighted by atomic mass is 10.1. The second-order valence-electron chi connectivity index (χ2n) is 3.51. The minimum absolute atomic E-state index is 0. The first kappa shape index (κ1) is 13.3. The third-order valence-corrected chi connectivity index (χ3v) is 3.03. The van der Waals surface area contributed by atoms with E-state index in [4.69, 9.17) is 5.26 Å². The van der Waals surface area contributed by atoms with Crippen molar-refractivity contribution in [3.05, 3.63) is 28.2 Å². The van der Waals surface area contributed by atoms with E-state index in [0.717, 1.165) is 41.9 Å². The molecule has 1 aliphatic heterocycles. The molecule has 1 N–H and O–H groups in total. The van der Waals surface area contributed by atoms with Crippen molar-refractivity contribution in [3.63, 3.8) is 0 Å². The van der Waals surface area contributed by atoms with E-state index in [0.29, 0.717) is 0 Å². The normalized spacial score (nSPS) is 15.1. The Labute approximate surface area is 110 Å². The number of hydrogen-bond donors (Lipinski definition) is 1. The van der Waals surface area contributed by atoms with Gasteiger partial charge in [0, 0.05) is 30.7 Å². The molecule has 1 saturated heterocycles. The maximum absolute atomic E-state index is 9.03. The van der Waals surface area contributed by atoms with Crippen LogP contribution >= 0.6 is 28.3 Å². The van der Waals surface area contributed by atoms with E-state index in [1.165, 1.54) is 0 Å². The Bertz CT molecular complexity index is 397. The standard InChI is InChI=1S/C11H12BrN3.ClH/c12-10-2-1-9(8-13)11(7-10)15-5-3-14-4-6-15;/h1-2,7,14H,3-6H2;1H. The Hall–Kier alpha value is -0.760. The SMILES string of the molecule is Cl.N#Cc1ccc(Br)cc1N1CCNCC1. The number of nitrogens with zero attached hydrogens (tertiary/aromatic N) is 2. The molecular formula is C11H13BrClN3. The molecule has 0 radical (unpaired) electrons. The van der Waals surface area contributed by atoms with E-state index in [1.807, 2.05) is 18.2 Å². The average Bonchev–Trinajstić information content (AvgIpc) is 2.30. The van der Waals surface area contributed by atoms with Crippen LogP contribution in [0.2, 0.25) is 0 Å². The molecule has 0 bridgehead atoms. The van der Waals surface area contributed by atoms with Gasteiger partial charge in [-0.25, -0.2) is 0 Å². The summed E-state index contributed by atoms with van der Waals surface area (Å²) in [6.45, 7) is 3.89. The summed E-state index contributed by atoms with van der Waals surface area (Å²) in [6, 6.07) is 8.02. The van der Waals surface area contributed by atoms with Crippen molar-refractivity contribution in [3.8, 4) is 6.07 Å². The van der Waals surface area contributed by atoms with Crippen LogP contribution in [0.25, 0.3) is 0 Å². The van der Waals surface area contributed by atoms with Gasteiger partial charge in [-0.15, -0.1) is 12.4 Å². The van der Waals surface area contributed by atoms with E-state index < -0.39 is 0 Å². The van der Waals surface area contributed by atoms with Crippen molar-refractivity contribution in [2.75, 3.05) is 31.1 Å². The van der Waals surface area contributed by atoms with E-state index in [-0.39, 0.29) is 12.4 Å². The van der Waals surface area contributed by atoms with Gasteiger partial charge < -0.3 is 10.2 Å². The number of halogens is 2. The minimum atomic E-state index is 0. The molecule has 16 heavy (non-hydrogen) atoms. The molecule has 5 heteroatoms. The predicted molar refractivity (Wildman–Crippen MR) is 71.2 cm³/mol. The van der Waals surface area contributed by atoms with Crippen molar-refractivity contribution >= 4 is 34.0 Å². The quantitative estimate of drug-likeness (QED) is 0.864. The Morgan fingerprint density at radius 2 is 2.00 bits per heavy atom. The highest BCUT2D eigenvalue weighted by molar-refractivity contribution is 9.10. The third-order valence-electron chi connectivity index (χ3n) is 2.54. The number of hydrogen-bond acceptors (Lipinski definition) is 3. The van der Waals surface area contributed by atoms with Crippen LogP contribution in [0.15, 0.2) is 22.7 Å². The molecule has 1 aromatic rings. The minimum Gasteiger partial charge on any atom is -0.368 e. The van der Waals surface area contributed by atoms with E-state index in [9.17, 15) is 0 Å². The highest BCUT2D eigenvalue weighted by atomic mass is 79.9. The summed E-state index contributed by atoms with van der Waals surface area (Å²) in [4.78, 5) is 2.25. The number of anilines is 1. The number of nitrogens with one attached hydrogen (secondary N) is 1. The van der Waals surface area contributed by atoms with Gasteiger partial charge in [0.05, 0.1) is 11.3 Å². The first-order chi connectivity index (χ1) is 7.31. The van der Waals surface area contributed by atoms with Crippen molar-refractivity contribution in [2.24, 2.45) is 0 Å². The summed E-state index contributed by atoms with van der Waals surface area (Å²) in [5.41, 5.74) is 1.79. The van der Waals surface area contributed by atoms with Crippen molar-refractivity contribution in [1.82, 2.24) is 5.32 Å². The van der Waals surface area contributed by atoms with Crippen molar-refractivity contribution < 1.29 is 0 Å². The Kier molecular flexibility index (Phi) is 5.07. The molecule has 1 aliphatic rings. The molecule has 1 aromatic carbocycles.